The molecule has 3 heterocycles. The maximum atomic E-state index is 3.63. The number of quaternary nitrogens is 1. The number of likely N-dealkylation sites (tertiary alicyclic amines) is 1. The number of rotatable bonds is 4. The van der Waals surface area contributed by atoms with Crippen molar-refractivity contribution >= 4 is 16.8 Å². The first kappa shape index (κ1) is 14.7. The molecule has 4 aromatic rings. The van der Waals surface area contributed by atoms with E-state index < -0.39 is 0 Å². The van der Waals surface area contributed by atoms with Gasteiger partial charge in [0.1, 0.15) is 36.0 Å². The van der Waals surface area contributed by atoms with Gasteiger partial charge in [-0.25, -0.2) is 9.55 Å². The van der Waals surface area contributed by atoms with Gasteiger partial charge in [-0.05, 0) is 12.1 Å². The molecule has 25 heavy (non-hydrogen) atoms. The molecule has 0 unspecified atom stereocenters. The molecule has 0 amide bonds. The highest BCUT2D eigenvalue weighted by Gasteiger charge is 2.24. The highest BCUT2D eigenvalue weighted by atomic mass is 15.2. The van der Waals surface area contributed by atoms with Gasteiger partial charge in [-0.2, -0.15) is 4.40 Å². The molecule has 2 aromatic heterocycles. The molecule has 1 saturated heterocycles. The number of para-hydroxylation sites is 2. The van der Waals surface area contributed by atoms with Crippen molar-refractivity contribution in [2.24, 2.45) is 0 Å². The lowest BCUT2D eigenvalue weighted by Gasteiger charge is -2.11. The molecule has 0 spiro atoms. The minimum absolute atomic E-state index is 1.04. The van der Waals surface area contributed by atoms with Crippen molar-refractivity contribution in [2.45, 2.75) is 19.4 Å². The SMILES string of the molecule is c1ccc(-c2c[n+]3c4ccccc4[nH]c3n2CC[NH+]2CCCC2)cc1. The van der Waals surface area contributed by atoms with Crippen LogP contribution in [0.2, 0.25) is 0 Å². The zero-order chi connectivity index (χ0) is 16.6. The highest BCUT2D eigenvalue weighted by Crippen LogP contribution is 2.22. The van der Waals surface area contributed by atoms with E-state index in [1.54, 1.807) is 4.90 Å². The Morgan fingerprint density at radius 1 is 0.960 bits per heavy atom. The number of aromatic amines is 1. The third-order valence-electron chi connectivity index (χ3n) is 5.51. The summed E-state index contributed by atoms with van der Waals surface area (Å²) in [5, 5.41) is 0. The number of fused-ring (bicyclic) bond motifs is 3. The maximum absolute atomic E-state index is 3.63. The van der Waals surface area contributed by atoms with Crippen LogP contribution >= 0.6 is 0 Å². The molecule has 0 aliphatic carbocycles. The van der Waals surface area contributed by atoms with Crippen LogP contribution < -0.4 is 9.30 Å². The topological polar surface area (TPSA) is 29.3 Å². The number of H-pyrrole nitrogens is 1. The summed E-state index contributed by atoms with van der Waals surface area (Å²) >= 11 is 0. The third-order valence-corrected chi connectivity index (χ3v) is 5.51. The van der Waals surface area contributed by atoms with Crippen LogP contribution in [0.3, 0.4) is 0 Å². The van der Waals surface area contributed by atoms with Crippen molar-refractivity contribution in [2.75, 3.05) is 19.6 Å². The van der Waals surface area contributed by atoms with E-state index in [0.717, 1.165) is 6.54 Å². The van der Waals surface area contributed by atoms with E-state index in [2.05, 4.69) is 74.7 Å². The number of aromatic nitrogens is 3. The zero-order valence-corrected chi connectivity index (χ0v) is 14.4. The van der Waals surface area contributed by atoms with E-state index in [9.17, 15) is 0 Å². The van der Waals surface area contributed by atoms with Gasteiger partial charge in [-0.3, -0.25) is 0 Å². The molecule has 1 aliphatic rings. The Labute approximate surface area is 147 Å². The van der Waals surface area contributed by atoms with E-state index in [-0.39, 0.29) is 0 Å². The number of hydrogen-bond donors (Lipinski definition) is 2. The summed E-state index contributed by atoms with van der Waals surface area (Å²) in [4.78, 5) is 5.37. The first-order valence-corrected chi connectivity index (χ1v) is 9.31. The molecule has 5 rings (SSSR count). The minimum Gasteiger partial charge on any atom is -0.332 e. The van der Waals surface area contributed by atoms with Crippen LogP contribution in [0.15, 0.2) is 60.8 Å². The van der Waals surface area contributed by atoms with Crippen LogP contribution in [0.25, 0.3) is 28.1 Å². The second kappa shape index (κ2) is 6.05. The van der Waals surface area contributed by atoms with Crippen LogP contribution in [0.1, 0.15) is 12.8 Å². The Kier molecular flexibility index (Phi) is 3.56. The van der Waals surface area contributed by atoms with E-state index in [1.165, 1.54) is 60.5 Å². The van der Waals surface area contributed by atoms with Gasteiger partial charge in [0.25, 0.3) is 0 Å². The van der Waals surface area contributed by atoms with Crippen LogP contribution in [0, 0.1) is 0 Å². The van der Waals surface area contributed by atoms with Gasteiger partial charge >= 0.3 is 5.78 Å². The van der Waals surface area contributed by atoms with Crippen LogP contribution in [0.5, 0.6) is 0 Å². The Balaban J connectivity index is 1.64. The smallest absolute Gasteiger partial charge is 0.332 e. The van der Waals surface area contributed by atoms with Crippen molar-refractivity contribution < 1.29 is 9.30 Å². The van der Waals surface area contributed by atoms with Gasteiger partial charge in [0.15, 0.2) is 0 Å². The summed E-state index contributed by atoms with van der Waals surface area (Å²) in [5.74, 6) is 1.18. The number of hydrogen-bond acceptors (Lipinski definition) is 0. The lowest BCUT2D eigenvalue weighted by atomic mass is 10.2. The van der Waals surface area contributed by atoms with Crippen molar-refractivity contribution in [1.29, 1.82) is 0 Å². The molecule has 0 radical (unpaired) electrons. The molecular formula is C21H24N4+2. The summed E-state index contributed by atoms with van der Waals surface area (Å²) < 4.78 is 4.76. The molecule has 1 aliphatic heterocycles. The number of benzene rings is 2. The fraction of sp³-hybridized carbons (Fsp3) is 0.286. The zero-order valence-electron chi connectivity index (χ0n) is 14.4. The predicted octanol–water partition coefficient (Wildman–Crippen LogP) is 2.05. The third kappa shape index (κ3) is 2.53. The quantitative estimate of drug-likeness (QED) is 0.536. The Hall–Kier alpha value is -2.59. The predicted molar refractivity (Wildman–Crippen MR) is 99.7 cm³/mol. The number of nitrogens with zero attached hydrogens (tertiary/aromatic N) is 2. The Morgan fingerprint density at radius 2 is 1.72 bits per heavy atom. The molecule has 4 heteroatoms. The van der Waals surface area contributed by atoms with Crippen LogP contribution in [-0.2, 0) is 6.54 Å². The normalized spacial score (nSPS) is 15.5. The fourth-order valence-electron chi connectivity index (χ4n) is 4.18. The second-order valence-corrected chi connectivity index (χ2v) is 7.07. The molecule has 2 aromatic carbocycles. The van der Waals surface area contributed by atoms with E-state index >= 15 is 0 Å². The number of imidazole rings is 2. The average molecular weight is 332 g/mol. The standard InChI is InChI=1S/C21H22N4/c1-2-8-17(9-3-1)20-16-25-19-11-5-4-10-18(19)22-21(25)24(20)15-14-23-12-6-7-13-23/h1-5,8-11,16H,6-7,12-15H2/p+2. The van der Waals surface area contributed by atoms with E-state index in [4.69, 9.17) is 0 Å². The summed E-state index contributed by atoms with van der Waals surface area (Å²) in [5.41, 5.74) is 5.00. The van der Waals surface area contributed by atoms with Crippen molar-refractivity contribution in [3.63, 3.8) is 0 Å². The average Bonchev–Trinajstić information content (AvgIpc) is 3.36. The molecule has 0 bridgehead atoms. The summed E-state index contributed by atoms with van der Waals surface area (Å²) in [6.07, 6.45) is 5.04. The summed E-state index contributed by atoms with van der Waals surface area (Å²) in [6, 6.07) is 19.3. The Morgan fingerprint density at radius 3 is 2.56 bits per heavy atom. The van der Waals surface area contributed by atoms with Gasteiger partial charge in [0.2, 0.25) is 0 Å². The van der Waals surface area contributed by atoms with E-state index in [0.29, 0.717) is 0 Å². The lowest BCUT2D eigenvalue weighted by molar-refractivity contribution is -0.888. The van der Waals surface area contributed by atoms with Gasteiger partial charge < -0.3 is 4.90 Å². The fourth-order valence-corrected chi connectivity index (χ4v) is 4.18. The Bertz CT molecular complexity index is 1010. The summed E-state index contributed by atoms with van der Waals surface area (Å²) in [7, 11) is 0. The van der Waals surface area contributed by atoms with Crippen LogP contribution in [0.4, 0.5) is 0 Å². The van der Waals surface area contributed by atoms with Crippen molar-refractivity contribution in [3.8, 4) is 11.3 Å². The van der Waals surface area contributed by atoms with Crippen LogP contribution in [-0.4, -0.2) is 29.2 Å². The monoisotopic (exact) mass is 332 g/mol. The van der Waals surface area contributed by atoms with Crippen molar-refractivity contribution in [3.05, 3.63) is 60.8 Å². The molecule has 2 N–H and O–H groups in total. The van der Waals surface area contributed by atoms with Gasteiger partial charge in [0.05, 0.1) is 13.1 Å². The minimum atomic E-state index is 1.04. The van der Waals surface area contributed by atoms with Gasteiger partial charge in [-0.15, -0.1) is 0 Å². The largest absolute Gasteiger partial charge is 0.368 e. The molecular weight excluding hydrogens is 308 g/mol. The van der Waals surface area contributed by atoms with Gasteiger partial charge in [-0.1, -0.05) is 42.5 Å². The maximum Gasteiger partial charge on any atom is 0.368 e. The summed E-state index contributed by atoms with van der Waals surface area (Å²) in [6.45, 7) is 4.89. The first-order chi connectivity index (χ1) is 12.4. The first-order valence-electron chi connectivity index (χ1n) is 9.31. The molecule has 126 valence electrons. The second-order valence-electron chi connectivity index (χ2n) is 7.07. The highest BCUT2D eigenvalue weighted by molar-refractivity contribution is 5.74. The number of nitrogens with one attached hydrogen (secondary N) is 2. The molecule has 1 fully saturated rings. The van der Waals surface area contributed by atoms with Crippen molar-refractivity contribution in [1.82, 2.24) is 9.55 Å². The van der Waals surface area contributed by atoms with Gasteiger partial charge in [0, 0.05) is 18.4 Å². The molecule has 4 nitrogen and oxygen atoms in total. The van der Waals surface area contributed by atoms with E-state index in [1.807, 2.05) is 0 Å². The molecule has 0 saturated carbocycles. The molecule has 0 atom stereocenters. The lowest BCUT2D eigenvalue weighted by Crippen LogP contribution is -3.10.